The van der Waals surface area contributed by atoms with Crippen molar-refractivity contribution in [3.63, 3.8) is 0 Å². The van der Waals surface area contributed by atoms with Gasteiger partial charge < -0.3 is 30.3 Å². The Kier molecular flexibility index (Phi) is 15.0. The Bertz CT molecular complexity index is 1120. The number of nitrogens with two attached hydrogens (primary N) is 1. The minimum Gasteiger partial charge on any atom is -0.387 e. The molecule has 0 amide bonds. The van der Waals surface area contributed by atoms with E-state index in [4.69, 9.17) is 39.2 Å². The van der Waals surface area contributed by atoms with Gasteiger partial charge in [0.2, 0.25) is 0 Å². The molecule has 0 radical (unpaired) electrons. The van der Waals surface area contributed by atoms with Crippen molar-refractivity contribution in [2.75, 3.05) is 26.4 Å². The molecule has 2 heterocycles. The number of hydrogen-bond donors (Lipinski definition) is 5. The van der Waals surface area contributed by atoms with Crippen LogP contribution in [0, 0.1) is 4.77 Å². The molecule has 2 rings (SSSR count). The van der Waals surface area contributed by atoms with Crippen LogP contribution in [0.2, 0.25) is 0 Å². The number of nitrogens with one attached hydrogen (secondary N) is 1. The number of aromatic nitrogens is 2. The standard InChI is InChI=1S/C27H50N3O9PS/c1-3-4-5-6-7-8-9-10-11-12-13-14-17-36-18-21(28)19-37-40(34,35)38-20-22-24(32)27(2,33)25(39-22)30-16-15-23(31)29-26(30)41/h15-16,21-22,24-25,32-33H,3-14,17-20,28H2,1-2H3,(H,34,35)(H,29,31,41)/t21-,22+,24-,25+,27?/m0/s1/i20D2. The van der Waals surface area contributed by atoms with Gasteiger partial charge in [-0.15, -0.1) is 0 Å². The molecule has 6 atom stereocenters. The van der Waals surface area contributed by atoms with Crippen LogP contribution in [0.5, 0.6) is 0 Å². The van der Waals surface area contributed by atoms with Crippen LogP contribution in [-0.2, 0) is 23.1 Å². The Balaban J connectivity index is 1.68. The molecule has 1 aromatic heterocycles. The van der Waals surface area contributed by atoms with Crippen molar-refractivity contribution < 1.29 is 40.9 Å². The first-order chi connectivity index (χ1) is 20.2. The van der Waals surface area contributed by atoms with Crippen LogP contribution in [0.3, 0.4) is 0 Å². The lowest BCUT2D eigenvalue weighted by Gasteiger charge is -2.27. The SMILES string of the molecule is [2H]C([2H])(OP(=O)(O)OC[C@@H](N)COCCCCCCCCCCCCCC)[C@H]1O[C@@H](n2ccc(=O)[nH]c2=S)C(C)(O)[C@H]1O. The number of hydrogen-bond acceptors (Lipinski definition) is 10. The highest BCUT2D eigenvalue weighted by molar-refractivity contribution is 7.71. The molecule has 0 aromatic carbocycles. The summed E-state index contributed by atoms with van der Waals surface area (Å²) in [5.74, 6) is 0. The van der Waals surface area contributed by atoms with Crippen molar-refractivity contribution in [1.29, 1.82) is 0 Å². The second-order valence-electron chi connectivity index (χ2n) is 10.8. The summed E-state index contributed by atoms with van der Waals surface area (Å²) < 4.78 is 50.4. The van der Waals surface area contributed by atoms with E-state index in [0.717, 1.165) is 36.8 Å². The topological polar surface area (TPSA) is 178 Å². The van der Waals surface area contributed by atoms with Gasteiger partial charge in [0.15, 0.2) is 11.0 Å². The molecule has 6 N–H and O–H groups in total. The Morgan fingerprint density at radius 1 is 1.15 bits per heavy atom. The summed E-state index contributed by atoms with van der Waals surface area (Å²) in [4.78, 5) is 24.0. The Morgan fingerprint density at radius 3 is 2.32 bits per heavy atom. The Hall–Kier alpha value is -0.990. The average molecular weight is 626 g/mol. The summed E-state index contributed by atoms with van der Waals surface area (Å²) >= 11 is 5.07. The number of ether oxygens (including phenoxy) is 2. The molecule has 0 bridgehead atoms. The van der Waals surface area contributed by atoms with Crippen LogP contribution in [-0.4, -0.2) is 74.9 Å². The van der Waals surface area contributed by atoms with Crippen LogP contribution in [0.25, 0.3) is 0 Å². The van der Waals surface area contributed by atoms with Gasteiger partial charge in [-0.1, -0.05) is 77.6 Å². The first-order valence-electron chi connectivity index (χ1n) is 15.6. The smallest absolute Gasteiger partial charge is 0.387 e. The largest absolute Gasteiger partial charge is 0.472 e. The zero-order valence-electron chi connectivity index (χ0n) is 26.2. The van der Waals surface area contributed by atoms with Crippen molar-refractivity contribution in [2.45, 2.75) is 121 Å². The molecular formula is C27H50N3O9PS. The van der Waals surface area contributed by atoms with Gasteiger partial charge in [0, 0.05) is 18.9 Å². The molecule has 2 unspecified atom stereocenters. The lowest BCUT2D eigenvalue weighted by Crippen LogP contribution is -2.44. The third-order valence-corrected chi connectivity index (χ3v) is 8.10. The minimum absolute atomic E-state index is 0.0692. The number of unbranched alkanes of at least 4 members (excludes halogenated alkanes) is 11. The highest BCUT2D eigenvalue weighted by atomic mass is 32.1. The zero-order valence-corrected chi connectivity index (χ0v) is 26.0. The van der Waals surface area contributed by atoms with E-state index in [9.17, 15) is 24.5 Å². The molecule has 1 aromatic rings. The van der Waals surface area contributed by atoms with E-state index in [1.165, 1.54) is 64.0 Å². The van der Waals surface area contributed by atoms with Crippen LogP contribution in [0.15, 0.2) is 17.1 Å². The lowest BCUT2D eigenvalue weighted by atomic mass is 9.96. The number of H-pyrrole nitrogens is 1. The predicted octanol–water partition coefficient (Wildman–Crippen LogP) is 4.09. The first kappa shape index (κ1) is 32.9. The van der Waals surface area contributed by atoms with E-state index >= 15 is 0 Å². The third kappa shape index (κ3) is 13.0. The normalized spacial score (nSPS) is 26.0. The molecule has 1 saturated heterocycles. The number of aliphatic hydroxyl groups excluding tert-OH is 1. The van der Waals surface area contributed by atoms with Crippen molar-refractivity contribution in [3.8, 4) is 0 Å². The third-order valence-electron chi connectivity index (χ3n) is 6.97. The highest BCUT2D eigenvalue weighted by Gasteiger charge is 2.53. The van der Waals surface area contributed by atoms with Crippen LogP contribution < -0.4 is 11.3 Å². The maximum absolute atomic E-state index is 12.5. The van der Waals surface area contributed by atoms with E-state index in [1.54, 1.807) is 0 Å². The van der Waals surface area contributed by atoms with E-state index < -0.39 is 56.6 Å². The summed E-state index contributed by atoms with van der Waals surface area (Å²) in [6, 6.07) is 0.328. The summed E-state index contributed by atoms with van der Waals surface area (Å²) in [6.45, 7) is 0.409. The van der Waals surface area contributed by atoms with Crippen molar-refractivity contribution >= 4 is 20.0 Å². The van der Waals surface area contributed by atoms with E-state index in [1.807, 2.05) is 0 Å². The van der Waals surface area contributed by atoms with Gasteiger partial charge >= 0.3 is 7.82 Å². The fourth-order valence-corrected chi connectivity index (χ4v) is 5.44. The quantitative estimate of drug-likeness (QED) is 0.0712. The maximum atomic E-state index is 12.5. The molecule has 12 nitrogen and oxygen atoms in total. The number of rotatable bonds is 22. The van der Waals surface area contributed by atoms with Crippen molar-refractivity contribution in [2.24, 2.45) is 5.73 Å². The monoisotopic (exact) mass is 625 g/mol. The summed E-state index contributed by atoms with van der Waals surface area (Å²) in [6.07, 6.45) is 10.7. The average Bonchev–Trinajstić information content (AvgIpc) is 3.16. The van der Waals surface area contributed by atoms with Gasteiger partial charge in [-0.3, -0.25) is 23.4 Å². The number of aromatic amines is 1. The maximum Gasteiger partial charge on any atom is 0.472 e. The van der Waals surface area contributed by atoms with Gasteiger partial charge in [0.1, 0.15) is 17.8 Å². The lowest BCUT2D eigenvalue weighted by molar-refractivity contribution is -0.0978. The summed E-state index contributed by atoms with van der Waals surface area (Å²) in [7, 11) is -5.03. The van der Waals surface area contributed by atoms with E-state index in [0.29, 0.717) is 6.61 Å². The molecule has 1 aliphatic rings. The number of phosphoric ester groups is 1. The highest BCUT2D eigenvalue weighted by Crippen LogP contribution is 2.45. The second kappa shape index (κ2) is 18.6. The molecule has 0 saturated carbocycles. The first-order valence-corrected chi connectivity index (χ1v) is 16.5. The number of aliphatic hydroxyl groups is 2. The number of nitrogens with zero attached hydrogens (tertiary/aromatic N) is 1. The van der Waals surface area contributed by atoms with Crippen LogP contribution >= 0.6 is 20.0 Å². The second-order valence-corrected chi connectivity index (χ2v) is 12.6. The summed E-state index contributed by atoms with van der Waals surface area (Å²) in [5.41, 5.74) is 3.28. The van der Waals surface area contributed by atoms with Gasteiger partial charge in [-0.25, -0.2) is 4.57 Å². The zero-order chi connectivity index (χ0) is 32.1. The van der Waals surface area contributed by atoms with E-state index in [-0.39, 0.29) is 11.4 Å². The van der Waals surface area contributed by atoms with Gasteiger partial charge in [0.05, 0.1) is 28.6 Å². The van der Waals surface area contributed by atoms with Gasteiger partial charge in [-0.2, -0.15) is 0 Å². The minimum atomic E-state index is -5.03. The Morgan fingerprint density at radius 2 is 1.73 bits per heavy atom. The molecular weight excluding hydrogens is 573 g/mol. The van der Waals surface area contributed by atoms with Crippen LogP contribution in [0.4, 0.5) is 0 Å². The van der Waals surface area contributed by atoms with Crippen molar-refractivity contribution in [3.05, 3.63) is 27.4 Å². The summed E-state index contributed by atoms with van der Waals surface area (Å²) in [5, 5.41) is 21.5. The van der Waals surface area contributed by atoms with E-state index in [2.05, 4.69) is 11.9 Å². The molecule has 41 heavy (non-hydrogen) atoms. The van der Waals surface area contributed by atoms with Crippen LogP contribution in [0.1, 0.15) is 99.9 Å². The molecule has 14 heteroatoms. The molecule has 1 aliphatic heterocycles. The fraction of sp³-hybridized carbons (Fsp3) is 0.852. The van der Waals surface area contributed by atoms with Gasteiger partial charge in [0.25, 0.3) is 5.56 Å². The van der Waals surface area contributed by atoms with Gasteiger partial charge in [-0.05, 0) is 25.6 Å². The molecule has 1 fully saturated rings. The molecule has 0 spiro atoms. The predicted molar refractivity (Wildman–Crippen MR) is 158 cm³/mol. The molecule has 238 valence electrons. The number of phosphoric acid groups is 1. The fourth-order valence-electron chi connectivity index (χ4n) is 4.52. The Labute approximate surface area is 251 Å². The molecule has 0 aliphatic carbocycles. The van der Waals surface area contributed by atoms with Crippen molar-refractivity contribution in [1.82, 2.24) is 9.55 Å².